The summed E-state index contributed by atoms with van der Waals surface area (Å²) in [5, 5.41) is 8.93. The third kappa shape index (κ3) is 2.46. The molecule has 2 aromatic rings. The lowest BCUT2D eigenvalue weighted by Gasteiger charge is -1.96. The Kier molecular flexibility index (Phi) is 3.64. The SMILES string of the molecule is Cc1c(CCO)sc[n+]1Cc1cccnc1. The molecule has 0 radical (unpaired) electrons. The molecule has 0 aliphatic carbocycles. The van der Waals surface area contributed by atoms with Crippen molar-refractivity contribution >= 4 is 11.3 Å². The Hall–Kier alpha value is -1.26. The molecule has 84 valence electrons. The fraction of sp³-hybridized carbons (Fsp3) is 0.333. The Labute approximate surface area is 99.0 Å². The molecule has 16 heavy (non-hydrogen) atoms. The minimum absolute atomic E-state index is 0.217. The third-order valence-corrected chi connectivity index (χ3v) is 3.72. The Balaban J connectivity index is 2.16. The largest absolute Gasteiger partial charge is 0.396 e. The number of rotatable bonds is 4. The van der Waals surface area contributed by atoms with E-state index >= 15 is 0 Å². The first-order valence-corrected chi connectivity index (χ1v) is 6.15. The number of aliphatic hydroxyl groups excluding tert-OH is 1. The van der Waals surface area contributed by atoms with E-state index in [2.05, 4.69) is 28.1 Å². The maximum Gasteiger partial charge on any atom is 0.225 e. The van der Waals surface area contributed by atoms with Crippen molar-refractivity contribution in [3.63, 3.8) is 0 Å². The van der Waals surface area contributed by atoms with E-state index in [0.717, 1.165) is 13.0 Å². The van der Waals surface area contributed by atoms with Crippen LogP contribution in [-0.2, 0) is 13.0 Å². The molecule has 2 aromatic heterocycles. The highest BCUT2D eigenvalue weighted by molar-refractivity contribution is 7.09. The minimum Gasteiger partial charge on any atom is -0.396 e. The normalized spacial score (nSPS) is 10.6. The quantitative estimate of drug-likeness (QED) is 0.812. The van der Waals surface area contributed by atoms with Crippen molar-refractivity contribution in [1.82, 2.24) is 4.98 Å². The highest BCUT2D eigenvalue weighted by Crippen LogP contribution is 2.11. The van der Waals surface area contributed by atoms with Crippen molar-refractivity contribution < 1.29 is 9.67 Å². The summed E-state index contributed by atoms with van der Waals surface area (Å²) in [4.78, 5) is 5.36. The summed E-state index contributed by atoms with van der Waals surface area (Å²) in [6.07, 6.45) is 4.41. The van der Waals surface area contributed by atoms with Gasteiger partial charge in [0.15, 0.2) is 12.2 Å². The van der Waals surface area contributed by atoms with Crippen LogP contribution in [0.4, 0.5) is 0 Å². The van der Waals surface area contributed by atoms with Gasteiger partial charge in [0.2, 0.25) is 5.51 Å². The van der Waals surface area contributed by atoms with Crippen LogP contribution in [0.1, 0.15) is 16.1 Å². The van der Waals surface area contributed by atoms with E-state index in [4.69, 9.17) is 5.11 Å². The van der Waals surface area contributed by atoms with E-state index in [1.54, 1.807) is 17.5 Å². The van der Waals surface area contributed by atoms with Gasteiger partial charge >= 0.3 is 0 Å². The summed E-state index contributed by atoms with van der Waals surface area (Å²) in [5.74, 6) is 0. The van der Waals surface area contributed by atoms with Gasteiger partial charge in [-0.1, -0.05) is 11.3 Å². The molecule has 0 saturated heterocycles. The average Bonchev–Trinajstić information content (AvgIpc) is 2.64. The van der Waals surface area contributed by atoms with Crippen molar-refractivity contribution in [2.75, 3.05) is 6.61 Å². The fourth-order valence-corrected chi connectivity index (χ4v) is 2.62. The van der Waals surface area contributed by atoms with E-state index in [1.165, 1.54) is 16.1 Å². The van der Waals surface area contributed by atoms with Crippen LogP contribution in [0.2, 0.25) is 0 Å². The number of thiazole rings is 1. The predicted octanol–water partition coefficient (Wildman–Crippen LogP) is 1.32. The maximum atomic E-state index is 8.93. The lowest BCUT2D eigenvalue weighted by Crippen LogP contribution is -2.35. The second kappa shape index (κ2) is 5.18. The molecule has 0 atom stereocenters. The van der Waals surface area contributed by atoms with Crippen molar-refractivity contribution in [2.45, 2.75) is 19.9 Å². The lowest BCUT2D eigenvalue weighted by molar-refractivity contribution is -0.689. The number of aromatic nitrogens is 2. The van der Waals surface area contributed by atoms with Crippen molar-refractivity contribution in [2.24, 2.45) is 0 Å². The number of hydrogen-bond acceptors (Lipinski definition) is 3. The number of hydrogen-bond donors (Lipinski definition) is 1. The molecule has 2 rings (SSSR count). The maximum absolute atomic E-state index is 8.93. The smallest absolute Gasteiger partial charge is 0.225 e. The first kappa shape index (κ1) is 11.2. The fourth-order valence-electron chi connectivity index (χ4n) is 1.64. The van der Waals surface area contributed by atoms with E-state index in [0.29, 0.717) is 0 Å². The van der Waals surface area contributed by atoms with Crippen LogP contribution in [-0.4, -0.2) is 16.7 Å². The average molecular weight is 235 g/mol. The summed E-state index contributed by atoms with van der Waals surface area (Å²) in [5.41, 5.74) is 4.54. The van der Waals surface area contributed by atoms with Gasteiger partial charge in [0, 0.05) is 37.9 Å². The van der Waals surface area contributed by atoms with Gasteiger partial charge in [-0.05, 0) is 12.1 Å². The molecule has 0 fully saturated rings. The minimum atomic E-state index is 0.217. The summed E-state index contributed by atoms with van der Waals surface area (Å²) >= 11 is 1.70. The summed E-state index contributed by atoms with van der Waals surface area (Å²) in [6, 6.07) is 4.02. The zero-order valence-electron chi connectivity index (χ0n) is 9.26. The molecular formula is C12H15N2OS+. The molecule has 0 unspecified atom stereocenters. The highest BCUT2D eigenvalue weighted by atomic mass is 32.1. The molecule has 1 N–H and O–H groups in total. The third-order valence-electron chi connectivity index (χ3n) is 2.57. The van der Waals surface area contributed by atoms with Crippen molar-refractivity contribution in [3.05, 3.63) is 46.2 Å². The molecule has 0 bridgehead atoms. The monoisotopic (exact) mass is 235 g/mol. The van der Waals surface area contributed by atoms with Gasteiger partial charge in [0.25, 0.3) is 0 Å². The summed E-state index contributed by atoms with van der Waals surface area (Å²) < 4.78 is 2.20. The van der Waals surface area contributed by atoms with Crippen LogP contribution < -0.4 is 4.57 Å². The van der Waals surface area contributed by atoms with Crippen molar-refractivity contribution in [3.8, 4) is 0 Å². The van der Waals surface area contributed by atoms with Gasteiger partial charge < -0.3 is 5.11 Å². The van der Waals surface area contributed by atoms with Crippen LogP contribution in [0.15, 0.2) is 30.0 Å². The van der Waals surface area contributed by atoms with Gasteiger partial charge in [-0.25, -0.2) is 0 Å². The number of nitrogens with zero attached hydrogens (tertiary/aromatic N) is 2. The molecule has 0 amide bonds. The topological polar surface area (TPSA) is 37.0 Å². The van der Waals surface area contributed by atoms with E-state index in [1.807, 2.05) is 12.3 Å². The van der Waals surface area contributed by atoms with Crippen LogP contribution in [0.5, 0.6) is 0 Å². The predicted molar refractivity (Wildman–Crippen MR) is 63.4 cm³/mol. The summed E-state index contributed by atoms with van der Waals surface area (Å²) in [7, 11) is 0. The molecule has 0 spiro atoms. The standard InChI is InChI=1S/C12H15N2OS/c1-10-12(4-6-15)16-9-14(10)8-11-3-2-5-13-7-11/h2-3,5,7,9,15H,4,6,8H2,1H3/q+1. The number of aliphatic hydroxyl groups is 1. The second-order valence-corrected chi connectivity index (χ2v) is 4.63. The zero-order valence-corrected chi connectivity index (χ0v) is 10.1. The molecule has 0 aliphatic heterocycles. The van der Waals surface area contributed by atoms with Gasteiger partial charge in [-0.15, -0.1) is 0 Å². The summed E-state index contributed by atoms with van der Waals surface area (Å²) in [6.45, 7) is 3.16. The first-order chi connectivity index (χ1) is 7.81. The van der Waals surface area contributed by atoms with Crippen LogP contribution in [0.3, 0.4) is 0 Å². The lowest BCUT2D eigenvalue weighted by atomic mass is 10.2. The molecule has 2 heterocycles. The molecule has 0 aromatic carbocycles. The van der Waals surface area contributed by atoms with Crippen LogP contribution in [0, 0.1) is 6.92 Å². The second-order valence-electron chi connectivity index (χ2n) is 3.69. The van der Waals surface area contributed by atoms with Gasteiger partial charge in [0.05, 0.1) is 4.88 Å². The molecule has 3 nitrogen and oxygen atoms in total. The Morgan fingerprint density at radius 2 is 2.38 bits per heavy atom. The van der Waals surface area contributed by atoms with Crippen LogP contribution in [0.25, 0.3) is 0 Å². The molecule has 0 saturated carbocycles. The first-order valence-electron chi connectivity index (χ1n) is 5.27. The van der Waals surface area contributed by atoms with Gasteiger partial charge in [-0.3, -0.25) is 4.98 Å². The Morgan fingerprint density at radius 3 is 3.06 bits per heavy atom. The van der Waals surface area contributed by atoms with E-state index in [-0.39, 0.29) is 6.61 Å². The number of pyridine rings is 1. The van der Waals surface area contributed by atoms with Gasteiger partial charge in [0.1, 0.15) is 0 Å². The van der Waals surface area contributed by atoms with E-state index < -0.39 is 0 Å². The Morgan fingerprint density at radius 1 is 1.50 bits per heavy atom. The van der Waals surface area contributed by atoms with Gasteiger partial charge in [-0.2, -0.15) is 4.57 Å². The molecular weight excluding hydrogens is 220 g/mol. The molecule has 0 aliphatic rings. The van der Waals surface area contributed by atoms with Crippen molar-refractivity contribution in [1.29, 1.82) is 0 Å². The zero-order chi connectivity index (χ0) is 11.4. The van der Waals surface area contributed by atoms with E-state index in [9.17, 15) is 0 Å². The molecule has 4 heteroatoms. The Bertz CT molecular complexity index is 453. The van der Waals surface area contributed by atoms with Crippen LogP contribution >= 0.6 is 11.3 Å². The highest BCUT2D eigenvalue weighted by Gasteiger charge is 2.14.